The van der Waals surface area contributed by atoms with Crippen molar-refractivity contribution in [3.63, 3.8) is 0 Å². The monoisotopic (exact) mass is 333 g/mol. The quantitative estimate of drug-likeness (QED) is 0.758. The van der Waals surface area contributed by atoms with Crippen LogP contribution in [0.2, 0.25) is 0 Å². The topological polar surface area (TPSA) is 58.6 Å². The summed E-state index contributed by atoms with van der Waals surface area (Å²) in [6, 6.07) is 10.4. The van der Waals surface area contributed by atoms with Crippen LogP contribution in [0.1, 0.15) is 52.0 Å². The summed E-state index contributed by atoms with van der Waals surface area (Å²) in [5.74, 6) is 0.508. The van der Waals surface area contributed by atoms with Gasteiger partial charge in [-0.15, -0.1) is 0 Å². The predicted molar refractivity (Wildman–Crippen MR) is 95.9 cm³/mol. The molecule has 4 nitrogen and oxygen atoms in total. The number of alkyl carbamates (subject to hydrolysis) is 1. The second kappa shape index (κ2) is 8.02. The molecular formula is C20H31NO3. The van der Waals surface area contributed by atoms with Gasteiger partial charge in [0.1, 0.15) is 5.60 Å². The van der Waals surface area contributed by atoms with E-state index in [1.165, 1.54) is 5.56 Å². The van der Waals surface area contributed by atoms with Crippen LogP contribution in [-0.2, 0) is 11.2 Å². The molecule has 1 aliphatic carbocycles. The highest BCUT2D eigenvalue weighted by molar-refractivity contribution is 5.67. The summed E-state index contributed by atoms with van der Waals surface area (Å²) in [6.45, 7) is 6.16. The van der Waals surface area contributed by atoms with E-state index in [0.29, 0.717) is 12.5 Å². The number of ether oxygens (including phenoxy) is 1. The number of aryl methyl sites for hydroxylation is 1. The standard InChI is InChI=1S/C20H31NO3/c1-19(2,3)24-18(23)21-14-20(15-22,17-11-12-17)13-7-10-16-8-5-4-6-9-16/h4-6,8-9,17,22H,7,10-15H2,1-3H3,(H,21,23). The highest BCUT2D eigenvalue weighted by Crippen LogP contribution is 2.48. The minimum Gasteiger partial charge on any atom is -0.444 e. The molecule has 1 fully saturated rings. The molecule has 1 unspecified atom stereocenters. The maximum Gasteiger partial charge on any atom is 0.407 e. The molecule has 0 radical (unpaired) electrons. The molecule has 0 spiro atoms. The number of aliphatic hydroxyl groups excluding tert-OH is 1. The minimum absolute atomic E-state index is 0.113. The van der Waals surface area contributed by atoms with Crippen LogP contribution in [0.3, 0.4) is 0 Å². The number of carbonyl (C=O) groups excluding carboxylic acids is 1. The third-order valence-corrected chi connectivity index (χ3v) is 4.72. The lowest BCUT2D eigenvalue weighted by atomic mass is 9.78. The maximum atomic E-state index is 11.9. The first-order chi connectivity index (χ1) is 11.3. The van der Waals surface area contributed by atoms with E-state index in [4.69, 9.17) is 4.74 Å². The third kappa shape index (κ3) is 5.82. The van der Waals surface area contributed by atoms with E-state index < -0.39 is 11.7 Å². The second-order valence-corrected chi connectivity index (χ2v) is 7.99. The van der Waals surface area contributed by atoms with Gasteiger partial charge in [0.05, 0.1) is 6.61 Å². The fraction of sp³-hybridized carbons (Fsp3) is 0.650. The molecule has 1 aliphatic rings. The van der Waals surface area contributed by atoms with Gasteiger partial charge in [0.25, 0.3) is 0 Å². The maximum absolute atomic E-state index is 11.9. The Kier molecular flexibility index (Phi) is 6.27. The minimum atomic E-state index is -0.501. The number of aliphatic hydroxyl groups is 1. The van der Waals surface area contributed by atoms with Gasteiger partial charge in [0, 0.05) is 12.0 Å². The molecular weight excluding hydrogens is 302 g/mol. The number of hydrogen-bond acceptors (Lipinski definition) is 3. The van der Waals surface area contributed by atoms with Crippen LogP contribution in [0.25, 0.3) is 0 Å². The molecule has 134 valence electrons. The molecule has 1 aromatic rings. The number of rotatable bonds is 8. The Hall–Kier alpha value is -1.55. The van der Waals surface area contributed by atoms with Gasteiger partial charge in [-0.1, -0.05) is 30.3 Å². The number of nitrogens with one attached hydrogen (secondary N) is 1. The Morgan fingerprint density at radius 2 is 1.92 bits per heavy atom. The van der Waals surface area contributed by atoms with Crippen LogP contribution in [0.4, 0.5) is 4.79 Å². The molecule has 0 saturated heterocycles. The smallest absolute Gasteiger partial charge is 0.407 e. The van der Waals surface area contributed by atoms with E-state index in [-0.39, 0.29) is 12.0 Å². The van der Waals surface area contributed by atoms with Crippen molar-refractivity contribution in [3.05, 3.63) is 35.9 Å². The predicted octanol–water partition coefficient (Wildman–Crippen LogP) is 3.92. The van der Waals surface area contributed by atoms with Crippen LogP contribution in [0.5, 0.6) is 0 Å². The van der Waals surface area contributed by atoms with Crippen molar-refractivity contribution in [3.8, 4) is 0 Å². The summed E-state index contributed by atoms with van der Waals surface area (Å²) >= 11 is 0. The fourth-order valence-electron chi connectivity index (χ4n) is 3.25. The molecule has 0 heterocycles. The lowest BCUT2D eigenvalue weighted by Crippen LogP contribution is -2.43. The van der Waals surface area contributed by atoms with Crippen LogP contribution < -0.4 is 5.32 Å². The van der Waals surface area contributed by atoms with E-state index >= 15 is 0 Å². The molecule has 2 N–H and O–H groups in total. The summed E-state index contributed by atoms with van der Waals surface area (Å²) in [4.78, 5) is 11.9. The summed E-state index contributed by atoms with van der Waals surface area (Å²) in [7, 11) is 0. The highest BCUT2D eigenvalue weighted by atomic mass is 16.6. The SMILES string of the molecule is CC(C)(C)OC(=O)NCC(CO)(CCCc1ccccc1)C1CC1. The molecule has 0 aromatic heterocycles. The fourth-order valence-corrected chi connectivity index (χ4v) is 3.25. The largest absolute Gasteiger partial charge is 0.444 e. The third-order valence-electron chi connectivity index (χ3n) is 4.72. The zero-order valence-corrected chi connectivity index (χ0v) is 15.2. The number of hydrogen-bond donors (Lipinski definition) is 2. The van der Waals surface area contributed by atoms with Crippen molar-refractivity contribution in [2.75, 3.05) is 13.2 Å². The van der Waals surface area contributed by atoms with Gasteiger partial charge in [-0.05, 0) is 64.4 Å². The van der Waals surface area contributed by atoms with E-state index in [9.17, 15) is 9.90 Å². The van der Waals surface area contributed by atoms with Gasteiger partial charge in [0.2, 0.25) is 0 Å². The average Bonchev–Trinajstić information content (AvgIpc) is 3.35. The number of carbonyl (C=O) groups is 1. The van der Waals surface area contributed by atoms with Gasteiger partial charge in [-0.25, -0.2) is 4.79 Å². The first kappa shape index (κ1) is 18.8. The molecule has 1 amide bonds. The Labute approximate surface area is 145 Å². The Balaban J connectivity index is 1.88. The van der Waals surface area contributed by atoms with Crippen molar-refractivity contribution in [2.45, 2.75) is 58.5 Å². The summed E-state index contributed by atoms with van der Waals surface area (Å²) in [6.07, 6.45) is 4.81. The molecule has 2 rings (SSSR count). The van der Waals surface area contributed by atoms with Crippen molar-refractivity contribution in [1.82, 2.24) is 5.32 Å². The Morgan fingerprint density at radius 1 is 1.25 bits per heavy atom. The van der Waals surface area contributed by atoms with Crippen molar-refractivity contribution in [1.29, 1.82) is 0 Å². The second-order valence-electron chi connectivity index (χ2n) is 7.99. The normalized spacial score (nSPS) is 17.2. The van der Waals surface area contributed by atoms with Crippen LogP contribution in [0, 0.1) is 11.3 Å². The van der Waals surface area contributed by atoms with Gasteiger partial charge < -0.3 is 15.2 Å². The van der Waals surface area contributed by atoms with Gasteiger partial charge in [0.15, 0.2) is 0 Å². The zero-order valence-electron chi connectivity index (χ0n) is 15.2. The van der Waals surface area contributed by atoms with Crippen molar-refractivity contribution in [2.24, 2.45) is 11.3 Å². The zero-order chi connectivity index (χ0) is 17.6. The van der Waals surface area contributed by atoms with E-state index in [1.807, 2.05) is 26.8 Å². The summed E-state index contributed by atoms with van der Waals surface area (Å²) in [5, 5.41) is 12.9. The number of benzene rings is 1. The molecule has 0 bridgehead atoms. The summed E-state index contributed by atoms with van der Waals surface area (Å²) < 4.78 is 5.32. The lowest BCUT2D eigenvalue weighted by Gasteiger charge is -2.33. The molecule has 1 atom stereocenters. The molecule has 4 heteroatoms. The Morgan fingerprint density at radius 3 is 2.46 bits per heavy atom. The van der Waals surface area contributed by atoms with Gasteiger partial charge in [-0.2, -0.15) is 0 Å². The Bertz CT molecular complexity index is 519. The van der Waals surface area contributed by atoms with E-state index in [2.05, 4.69) is 29.6 Å². The van der Waals surface area contributed by atoms with Crippen LogP contribution in [-0.4, -0.2) is 30.0 Å². The highest BCUT2D eigenvalue weighted by Gasteiger charge is 2.44. The number of amides is 1. The van der Waals surface area contributed by atoms with Crippen molar-refractivity contribution < 1.29 is 14.6 Å². The molecule has 24 heavy (non-hydrogen) atoms. The van der Waals surface area contributed by atoms with E-state index in [1.54, 1.807) is 0 Å². The first-order valence-electron chi connectivity index (χ1n) is 8.96. The van der Waals surface area contributed by atoms with Gasteiger partial charge >= 0.3 is 6.09 Å². The van der Waals surface area contributed by atoms with Crippen molar-refractivity contribution >= 4 is 6.09 Å². The summed E-state index contributed by atoms with van der Waals surface area (Å²) in [5.41, 5.74) is 0.602. The first-order valence-corrected chi connectivity index (χ1v) is 8.96. The molecule has 0 aliphatic heterocycles. The van der Waals surface area contributed by atoms with Crippen LogP contribution in [0.15, 0.2) is 30.3 Å². The van der Waals surface area contributed by atoms with E-state index in [0.717, 1.165) is 32.1 Å². The molecule has 1 saturated carbocycles. The molecule has 1 aromatic carbocycles. The average molecular weight is 333 g/mol. The van der Waals surface area contributed by atoms with Gasteiger partial charge in [-0.3, -0.25) is 0 Å². The lowest BCUT2D eigenvalue weighted by molar-refractivity contribution is 0.0421. The van der Waals surface area contributed by atoms with Crippen LogP contribution >= 0.6 is 0 Å².